The predicted octanol–water partition coefficient (Wildman–Crippen LogP) is 0.157. The Labute approximate surface area is 60.7 Å². The lowest BCUT2D eigenvalue weighted by atomic mass is 10.1. The van der Waals surface area contributed by atoms with Crippen LogP contribution in [0.2, 0.25) is 0 Å². The van der Waals surface area contributed by atoms with E-state index in [4.69, 9.17) is 4.74 Å². The molecule has 0 spiro atoms. The summed E-state index contributed by atoms with van der Waals surface area (Å²) in [7, 11) is 0. The van der Waals surface area contributed by atoms with Crippen LogP contribution >= 0.6 is 0 Å². The van der Waals surface area contributed by atoms with Crippen LogP contribution in [0.1, 0.15) is 13.8 Å². The van der Waals surface area contributed by atoms with Crippen molar-refractivity contribution in [3.8, 4) is 0 Å². The summed E-state index contributed by atoms with van der Waals surface area (Å²) in [5.41, 5.74) is 0. The zero-order valence-electron chi connectivity index (χ0n) is 6.39. The fraction of sp³-hybridized carbons (Fsp3) is 0.857. The van der Waals surface area contributed by atoms with Crippen molar-refractivity contribution in [1.29, 1.82) is 0 Å². The number of hydrogen-bond acceptors (Lipinski definition) is 2. The first-order valence-corrected chi connectivity index (χ1v) is 3.55. The van der Waals surface area contributed by atoms with Gasteiger partial charge in [-0.05, 0) is 0 Å². The fourth-order valence-electron chi connectivity index (χ4n) is 1.11. The smallest absolute Gasteiger partial charge is 0.217 e. The lowest BCUT2D eigenvalue weighted by molar-refractivity contribution is -0.119. The highest BCUT2D eigenvalue weighted by Crippen LogP contribution is 2.11. The molecular weight excluding hydrogens is 130 g/mol. The molecule has 0 aromatic carbocycles. The number of carbonyl (C=O) groups is 1. The molecule has 1 rings (SSSR count). The molecule has 1 N–H and O–H groups in total. The number of carbonyl (C=O) groups excluding carboxylic acids is 1. The van der Waals surface area contributed by atoms with Crippen molar-refractivity contribution in [2.75, 3.05) is 13.2 Å². The predicted molar refractivity (Wildman–Crippen MR) is 37.6 cm³/mol. The fourth-order valence-corrected chi connectivity index (χ4v) is 1.11. The van der Waals surface area contributed by atoms with Crippen molar-refractivity contribution in [2.24, 2.45) is 5.92 Å². The Morgan fingerprint density at radius 2 is 2.30 bits per heavy atom. The Morgan fingerprint density at radius 1 is 1.60 bits per heavy atom. The number of amides is 1. The number of rotatable bonds is 1. The van der Waals surface area contributed by atoms with E-state index in [2.05, 4.69) is 12.2 Å². The van der Waals surface area contributed by atoms with Gasteiger partial charge in [-0.15, -0.1) is 0 Å². The number of ether oxygens (including phenoxy) is 1. The SMILES string of the molecule is CC(=O)N[C@H]1COCC1C. The van der Waals surface area contributed by atoms with Gasteiger partial charge in [0.1, 0.15) is 0 Å². The quantitative estimate of drug-likeness (QED) is 0.567. The van der Waals surface area contributed by atoms with Crippen LogP contribution in [0.4, 0.5) is 0 Å². The van der Waals surface area contributed by atoms with Crippen LogP contribution in [-0.4, -0.2) is 25.2 Å². The van der Waals surface area contributed by atoms with E-state index < -0.39 is 0 Å². The summed E-state index contributed by atoms with van der Waals surface area (Å²) in [4.78, 5) is 10.6. The standard InChI is InChI=1S/C7H13NO2/c1-5-3-10-4-7(5)8-6(2)9/h5,7H,3-4H2,1-2H3,(H,8,9)/t5?,7-/m0/s1. The average molecular weight is 143 g/mol. The zero-order valence-corrected chi connectivity index (χ0v) is 6.39. The van der Waals surface area contributed by atoms with Gasteiger partial charge in [-0.3, -0.25) is 4.79 Å². The van der Waals surface area contributed by atoms with Gasteiger partial charge in [-0.2, -0.15) is 0 Å². The highest BCUT2D eigenvalue weighted by Gasteiger charge is 2.24. The van der Waals surface area contributed by atoms with Gasteiger partial charge < -0.3 is 10.1 Å². The van der Waals surface area contributed by atoms with Gasteiger partial charge >= 0.3 is 0 Å². The first-order chi connectivity index (χ1) is 4.70. The van der Waals surface area contributed by atoms with Crippen molar-refractivity contribution < 1.29 is 9.53 Å². The molecular formula is C7H13NO2. The second kappa shape index (κ2) is 3.01. The van der Waals surface area contributed by atoms with Gasteiger partial charge in [0, 0.05) is 12.8 Å². The molecule has 3 nitrogen and oxygen atoms in total. The Morgan fingerprint density at radius 3 is 2.70 bits per heavy atom. The van der Waals surface area contributed by atoms with Crippen molar-refractivity contribution in [3.63, 3.8) is 0 Å². The summed E-state index contributed by atoms with van der Waals surface area (Å²) in [6.45, 7) is 5.05. The van der Waals surface area contributed by atoms with Gasteiger partial charge in [0.25, 0.3) is 0 Å². The molecule has 1 amide bonds. The molecule has 0 aromatic heterocycles. The van der Waals surface area contributed by atoms with Gasteiger partial charge in [-0.25, -0.2) is 0 Å². The monoisotopic (exact) mass is 143 g/mol. The summed E-state index contributed by atoms with van der Waals surface area (Å²) in [5, 5.41) is 2.83. The normalized spacial score (nSPS) is 32.2. The van der Waals surface area contributed by atoms with E-state index in [1.165, 1.54) is 6.92 Å². The first kappa shape index (κ1) is 7.54. The van der Waals surface area contributed by atoms with Crippen LogP contribution in [-0.2, 0) is 9.53 Å². The summed E-state index contributed by atoms with van der Waals surface area (Å²) in [5.74, 6) is 0.492. The molecule has 1 heterocycles. The van der Waals surface area contributed by atoms with E-state index in [9.17, 15) is 4.79 Å². The highest BCUT2D eigenvalue weighted by atomic mass is 16.5. The summed E-state index contributed by atoms with van der Waals surface area (Å²) in [6, 6.07) is 0.234. The molecule has 1 aliphatic rings. The largest absolute Gasteiger partial charge is 0.379 e. The second-order valence-electron chi connectivity index (χ2n) is 2.82. The van der Waals surface area contributed by atoms with Gasteiger partial charge in [-0.1, -0.05) is 6.92 Å². The maximum atomic E-state index is 10.6. The van der Waals surface area contributed by atoms with Crippen LogP contribution < -0.4 is 5.32 Å². The lowest BCUT2D eigenvalue weighted by Gasteiger charge is -2.12. The van der Waals surface area contributed by atoms with Crippen molar-refractivity contribution in [2.45, 2.75) is 19.9 Å². The third kappa shape index (κ3) is 1.70. The number of nitrogens with one attached hydrogen (secondary N) is 1. The van der Waals surface area contributed by atoms with Crippen LogP contribution in [0.5, 0.6) is 0 Å². The van der Waals surface area contributed by atoms with Crippen LogP contribution in [0, 0.1) is 5.92 Å². The minimum absolute atomic E-state index is 0.0300. The van der Waals surface area contributed by atoms with Crippen molar-refractivity contribution in [1.82, 2.24) is 5.32 Å². The van der Waals surface area contributed by atoms with Crippen molar-refractivity contribution in [3.05, 3.63) is 0 Å². The Hall–Kier alpha value is -0.570. The Balaban J connectivity index is 2.33. The van der Waals surface area contributed by atoms with Gasteiger partial charge in [0.15, 0.2) is 0 Å². The lowest BCUT2D eigenvalue weighted by Crippen LogP contribution is -2.37. The topological polar surface area (TPSA) is 38.3 Å². The van der Waals surface area contributed by atoms with Gasteiger partial charge in [0.05, 0.1) is 19.3 Å². The molecule has 58 valence electrons. The Bertz CT molecular complexity index is 136. The molecule has 2 atom stereocenters. The minimum Gasteiger partial charge on any atom is -0.379 e. The zero-order chi connectivity index (χ0) is 7.56. The Kier molecular flexibility index (Phi) is 2.27. The molecule has 0 bridgehead atoms. The molecule has 0 saturated carbocycles. The van der Waals surface area contributed by atoms with Crippen LogP contribution in [0.3, 0.4) is 0 Å². The van der Waals surface area contributed by atoms with Gasteiger partial charge in [0.2, 0.25) is 5.91 Å². The third-order valence-electron chi connectivity index (χ3n) is 1.75. The summed E-state index contributed by atoms with van der Waals surface area (Å²) in [6.07, 6.45) is 0. The van der Waals surface area contributed by atoms with E-state index in [1.54, 1.807) is 0 Å². The number of hydrogen-bond donors (Lipinski definition) is 1. The van der Waals surface area contributed by atoms with E-state index in [1.807, 2.05) is 0 Å². The highest BCUT2D eigenvalue weighted by molar-refractivity contribution is 5.73. The summed E-state index contributed by atoms with van der Waals surface area (Å²) >= 11 is 0. The molecule has 1 fully saturated rings. The summed E-state index contributed by atoms with van der Waals surface area (Å²) < 4.78 is 5.16. The molecule has 0 aromatic rings. The van der Waals surface area contributed by atoms with E-state index >= 15 is 0 Å². The third-order valence-corrected chi connectivity index (χ3v) is 1.75. The molecule has 0 aliphatic carbocycles. The average Bonchev–Trinajstić information content (AvgIpc) is 2.15. The maximum Gasteiger partial charge on any atom is 0.217 e. The molecule has 10 heavy (non-hydrogen) atoms. The first-order valence-electron chi connectivity index (χ1n) is 3.55. The van der Waals surface area contributed by atoms with E-state index in [0.29, 0.717) is 12.5 Å². The van der Waals surface area contributed by atoms with Crippen LogP contribution in [0.15, 0.2) is 0 Å². The minimum atomic E-state index is 0.0300. The molecule has 1 aliphatic heterocycles. The maximum absolute atomic E-state index is 10.6. The van der Waals surface area contributed by atoms with E-state index in [-0.39, 0.29) is 11.9 Å². The molecule has 0 radical (unpaired) electrons. The van der Waals surface area contributed by atoms with E-state index in [0.717, 1.165) is 6.61 Å². The van der Waals surface area contributed by atoms with Crippen LogP contribution in [0.25, 0.3) is 0 Å². The molecule has 1 unspecified atom stereocenters. The second-order valence-corrected chi connectivity index (χ2v) is 2.82. The molecule has 3 heteroatoms. The van der Waals surface area contributed by atoms with Crippen molar-refractivity contribution >= 4 is 5.91 Å². The molecule has 1 saturated heterocycles.